The average Bonchev–Trinajstić information content (AvgIpc) is 2.90. The fourth-order valence-electron chi connectivity index (χ4n) is 2.20. The van der Waals surface area contributed by atoms with E-state index in [1.807, 2.05) is 12.1 Å². The molecule has 1 atom stereocenters. The van der Waals surface area contributed by atoms with Gasteiger partial charge in [-0.2, -0.15) is 0 Å². The Hall–Kier alpha value is -0.870. The van der Waals surface area contributed by atoms with Crippen molar-refractivity contribution in [3.8, 4) is 0 Å². The van der Waals surface area contributed by atoms with Gasteiger partial charge in [-0.15, -0.1) is 0 Å². The average molecular weight is 326 g/mol. The molecule has 1 heterocycles. The lowest BCUT2D eigenvalue weighted by molar-refractivity contribution is -0.125. The van der Waals surface area contributed by atoms with Gasteiger partial charge in [-0.3, -0.25) is 4.79 Å². The van der Waals surface area contributed by atoms with Gasteiger partial charge in [0.05, 0.1) is 12.5 Å². The van der Waals surface area contributed by atoms with Crippen molar-refractivity contribution < 1.29 is 9.53 Å². The molecule has 0 radical (unpaired) electrons. The minimum Gasteiger partial charge on any atom is -0.381 e. The van der Waals surface area contributed by atoms with Crippen LogP contribution in [0, 0.1) is 5.92 Å². The van der Waals surface area contributed by atoms with Crippen molar-refractivity contribution in [2.75, 3.05) is 19.8 Å². The molecule has 1 aliphatic rings. The second kappa shape index (κ2) is 6.06. The van der Waals surface area contributed by atoms with Crippen LogP contribution in [-0.2, 0) is 14.9 Å². The smallest absolute Gasteiger partial charge is 0.225 e. The molecule has 1 saturated heterocycles. The van der Waals surface area contributed by atoms with E-state index >= 15 is 0 Å². The van der Waals surface area contributed by atoms with Crippen LogP contribution in [0.5, 0.6) is 0 Å². The monoisotopic (exact) mass is 325 g/mol. The summed E-state index contributed by atoms with van der Waals surface area (Å²) in [5, 5.41) is 3.05. The minimum atomic E-state index is -0.0736. The number of rotatable bonds is 4. The van der Waals surface area contributed by atoms with Gasteiger partial charge in [0.15, 0.2) is 0 Å². The topological polar surface area (TPSA) is 38.3 Å². The molecule has 1 aromatic rings. The molecule has 1 aromatic carbocycles. The summed E-state index contributed by atoms with van der Waals surface area (Å²) < 4.78 is 6.31. The molecule has 0 spiro atoms. The zero-order chi connectivity index (χ0) is 13.9. The van der Waals surface area contributed by atoms with Crippen LogP contribution in [0.25, 0.3) is 0 Å². The SMILES string of the molecule is CC(C)(CNC(=O)C1CCOC1)c1ccc(Br)cc1. The standard InChI is InChI=1S/C15H20BrNO2/c1-15(2,12-3-5-13(16)6-4-12)10-17-14(18)11-7-8-19-9-11/h3-6,11H,7-10H2,1-2H3,(H,17,18). The second-order valence-electron chi connectivity index (χ2n) is 5.67. The van der Waals surface area contributed by atoms with Crippen LogP contribution in [0.15, 0.2) is 28.7 Å². The fraction of sp³-hybridized carbons (Fsp3) is 0.533. The highest BCUT2D eigenvalue weighted by molar-refractivity contribution is 9.10. The van der Waals surface area contributed by atoms with E-state index in [0.29, 0.717) is 19.8 Å². The molecule has 1 amide bonds. The van der Waals surface area contributed by atoms with Crippen LogP contribution in [0.4, 0.5) is 0 Å². The molecule has 1 aliphatic heterocycles. The van der Waals surface area contributed by atoms with E-state index in [9.17, 15) is 4.79 Å². The molecular weight excluding hydrogens is 306 g/mol. The van der Waals surface area contributed by atoms with E-state index in [-0.39, 0.29) is 17.2 Å². The first-order chi connectivity index (χ1) is 8.99. The maximum absolute atomic E-state index is 12.0. The third kappa shape index (κ3) is 3.80. The van der Waals surface area contributed by atoms with Gasteiger partial charge in [0, 0.05) is 23.0 Å². The number of benzene rings is 1. The maximum atomic E-state index is 12.0. The van der Waals surface area contributed by atoms with Gasteiger partial charge >= 0.3 is 0 Å². The van der Waals surface area contributed by atoms with Crippen molar-refractivity contribution in [1.29, 1.82) is 0 Å². The summed E-state index contributed by atoms with van der Waals surface area (Å²) in [5.41, 5.74) is 1.15. The van der Waals surface area contributed by atoms with Crippen molar-refractivity contribution in [2.45, 2.75) is 25.7 Å². The Morgan fingerprint density at radius 3 is 2.68 bits per heavy atom. The molecule has 104 valence electrons. The summed E-state index contributed by atoms with van der Waals surface area (Å²) in [4.78, 5) is 12.0. The summed E-state index contributed by atoms with van der Waals surface area (Å²) in [6, 6.07) is 8.25. The number of halogens is 1. The lowest BCUT2D eigenvalue weighted by atomic mass is 9.84. The van der Waals surface area contributed by atoms with Gasteiger partial charge < -0.3 is 10.1 Å². The van der Waals surface area contributed by atoms with Crippen molar-refractivity contribution >= 4 is 21.8 Å². The predicted octanol–water partition coefficient (Wildman–Crippen LogP) is 2.88. The summed E-state index contributed by atoms with van der Waals surface area (Å²) >= 11 is 3.44. The molecule has 1 unspecified atom stereocenters. The van der Waals surface area contributed by atoms with Crippen molar-refractivity contribution in [2.24, 2.45) is 5.92 Å². The zero-order valence-corrected chi connectivity index (χ0v) is 13.0. The molecule has 3 nitrogen and oxygen atoms in total. The number of amides is 1. The van der Waals surface area contributed by atoms with Crippen LogP contribution >= 0.6 is 15.9 Å². The molecule has 0 aliphatic carbocycles. The Labute approximate surface area is 122 Å². The number of carbonyl (C=O) groups is 1. The van der Waals surface area contributed by atoms with Gasteiger partial charge in [0.25, 0.3) is 0 Å². The van der Waals surface area contributed by atoms with Gasteiger partial charge in [0.2, 0.25) is 5.91 Å². The molecule has 0 saturated carbocycles. The lowest BCUT2D eigenvalue weighted by Crippen LogP contribution is -2.39. The minimum absolute atomic E-state index is 0.0284. The fourth-order valence-corrected chi connectivity index (χ4v) is 2.46. The summed E-state index contributed by atoms with van der Waals surface area (Å²) in [6.45, 7) is 6.19. The first-order valence-electron chi connectivity index (χ1n) is 6.60. The largest absolute Gasteiger partial charge is 0.381 e. The van der Waals surface area contributed by atoms with Gasteiger partial charge in [-0.1, -0.05) is 41.9 Å². The van der Waals surface area contributed by atoms with E-state index in [0.717, 1.165) is 10.9 Å². The number of hydrogen-bond acceptors (Lipinski definition) is 2. The van der Waals surface area contributed by atoms with Crippen LogP contribution in [0.3, 0.4) is 0 Å². The van der Waals surface area contributed by atoms with E-state index < -0.39 is 0 Å². The summed E-state index contributed by atoms with van der Waals surface area (Å²) in [7, 11) is 0. The second-order valence-corrected chi connectivity index (χ2v) is 6.58. The van der Waals surface area contributed by atoms with Gasteiger partial charge in [-0.05, 0) is 24.1 Å². The highest BCUT2D eigenvalue weighted by Gasteiger charge is 2.26. The van der Waals surface area contributed by atoms with Crippen LogP contribution < -0.4 is 5.32 Å². The number of ether oxygens (including phenoxy) is 1. The summed E-state index contributed by atoms with van der Waals surface area (Å²) in [6.07, 6.45) is 0.838. The Morgan fingerprint density at radius 1 is 1.42 bits per heavy atom. The zero-order valence-electron chi connectivity index (χ0n) is 11.4. The summed E-state index contributed by atoms with van der Waals surface area (Å²) in [5.74, 6) is 0.142. The van der Waals surface area contributed by atoms with Crippen molar-refractivity contribution in [3.05, 3.63) is 34.3 Å². The third-order valence-corrected chi connectivity index (χ3v) is 4.16. The first-order valence-corrected chi connectivity index (χ1v) is 7.40. The van der Waals surface area contributed by atoms with Gasteiger partial charge in [0.1, 0.15) is 0 Å². The molecule has 0 bridgehead atoms. The molecule has 19 heavy (non-hydrogen) atoms. The normalized spacial score (nSPS) is 19.4. The van der Waals surface area contributed by atoms with Crippen LogP contribution in [0.2, 0.25) is 0 Å². The quantitative estimate of drug-likeness (QED) is 0.924. The molecule has 2 rings (SSSR count). The molecular formula is C15H20BrNO2. The Morgan fingerprint density at radius 2 is 2.11 bits per heavy atom. The van der Waals surface area contributed by atoms with Gasteiger partial charge in [-0.25, -0.2) is 0 Å². The van der Waals surface area contributed by atoms with E-state index in [4.69, 9.17) is 4.74 Å². The number of nitrogens with one attached hydrogen (secondary N) is 1. The van der Waals surface area contributed by atoms with E-state index in [1.54, 1.807) is 0 Å². The van der Waals surface area contributed by atoms with Crippen LogP contribution in [0.1, 0.15) is 25.8 Å². The molecule has 4 heteroatoms. The third-order valence-electron chi connectivity index (χ3n) is 3.63. The van der Waals surface area contributed by atoms with Crippen molar-refractivity contribution in [3.63, 3.8) is 0 Å². The number of hydrogen-bond donors (Lipinski definition) is 1. The van der Waals surface area contributed by atoms with E-state index in [2.05, 4.69) is 47.2 Å². The molecule has 0 aromatic heterocycles. The lowest BCUT2D eigenvalue weighted by Gasteiger charge is -2.26. The maximum Gasteiger partial charge on any atom is 0.225 e. The molecule has 1 N–H and O–H groups in total. The number of carbonyl (C=O) groups excluding carboxylic acids is 1. The molecule has 1 fully saturated rings. The van der Waals surface area contributed by atoms with Crippen molar-refractivity contribution in [1.82, 2.24) is 5.32 Å². The van der Waals surface area contributed by atoms with Crippen LogP contribution in [-0.4, -0.2) is 25.7 Å². The Balaban J connectivity index is 1.93. The van der Waals surface area contributed by atoms with E-state index in [1.165, 1.54) is 5.56 Å². The highest BCUT2D eigenvalue weighted by Crippen LogP contribution is 2.24. The highest BCUT2D eigenvalue weighted by atomic mass is 79.9. The Kier molecular flexibility index (Phi) is 4.63. The first kappa shape index (κ1) is 14.5. The predicted molar refractivity (Wildman–Crippen MR) is 79.1 cm³/mol. The Bertz CT molecular complexity index is 436.